The Morgan fingerprint density at radius 3 is 2.54 bits per heavy atom. The van der Waals surface area contributed by atoms with Crippen LogP contribution in [0, 0.1) is 5.92 Å². The SMILES string of the molecule is O=C(/C=C/c1ccc2c(c1)OCCO2)NNC(=O)C1CCCCC1. The number of carbonyl (C=O) groups is 2. The number of ether oxygens (including phenoxy) is 2. The second-order valence-corrected chi connectivity index (χ2v) is 6.05. The van der Waals surface area contributed by atoms with Crippen molar-refractivity contribution >= 4 is 17.9 Å². The van der Waals surface area contributed by atoms with E-state index in [-0.39, 0.29) is 17.7 Å². The first-order valence-corrected chi connectivity index (χ1v) is 8.40. The third-order valence-electron chi connectivity index (χ3n) is 4.28. The van der Waals surface area contributed by atoms with Crippen LogP contribution in [0.4, 0.5) is 0 Å². The van der Waals surface area contributed by atoms with Gasteiger partial charge >= 0.3 is 0 Å². The molecule has 24 heavy (non-hydrogen) atoms. The molecule has 2 amide bonds. The lowest BCUT2D eigenvalue weighted by atomic mass is 9.89. The van der Waals surface area contributed by atoms with Gasteiger partial charge in [-0.25, -0.2) is 0 Å². The molecule has 0 saturated heterocycles. The minimum atomic E-state index is -0.367. The summed E-state index contributed by atoms with van der Waals surface area (Å²) in [5, 5.41) is 0. The zero-order valence-corrected chi connectivity index (χ0v) is 13.5. The molecule has 0 bridgehead atoms. The Kier molecular flexibility index (Phi) is 5.36. The normalized spacial score (nSPS) is 17.5. The molecular weight excluding hydrogens is 308 g/mol. The average molecular weight is 330 g/mol. The Morgan fingerprint density at radius 2 is 1.75 bits per heavy atom. The molecular formula is C18H22N2O4. The molecule has 1 fully saturated rings. The molecule has 0 unspecified atom stereocenters. The molecule has 1 aromatic rings. The van der Waals surface area contributed by atoms with Gasteiger partial charge in [0.05, 0.1) is 0 Å². The van der Waals surface area contributed by atoms with E-state index in [9.17, 15) is 9.59 Å². The van der Waals surface area contributed by atoms with Crippen molar-refractivity contribution in [1.82, 2.24) is 10.9 Å². The molecule has 0 spiro atoms. The van der Waals surface area contributed by atoms with Gasteiger partial charge in [-0.05, 0) is 36.6 Å². The highest BCUT2D eigenvalue weighted by Gasteiger charge is 2.20. The largest absolute Gasteiger partial charge is 0.486 e. The maximum Gasteiger partial charge on any atom is 0.262 e. The van der Waals surface area contributed by atoms with Crippen LogP contribution in [0.2, 0.25) is 0 Å². The standard InChI is InChI=1S/C18H22N2O4/c21-17(19-20-18(22)14-4-2-1-3-5-14)9-7-13-6-8-15-16(12-13)24-11-10-23-15/h6-9,12,14H,1-5,10-11H2,(H,19,21)(H,20,22)/b9-7+. The van der Waals surface area contributed by atoms with Crippen molar-refractivity contribution < 1.29 is 19.1 Å². The molecule has 0 atom stereocenters. The number of hydrogen-bond acceptors (Lipinski definition) is 4. The zero-order valence-electron chi connectivity index (χ0n) is 13.5. The van der Waals surface area contributed by atoms with Crippen molar-refractivity contribution in [2.24, 2.45) is 5.92 Å². The van der Waals surface area contributed by atoms with E-state index in [1.807, 2.05) is 18.2 Å². The van der Waals surface area contributed by atoms with Crippen LogP contribution in [0.25, 0.3) is 6.08 Å². The van der Waals surface area contributed by atoms with E-state index in [4.69, 9.17) is 9.47 Å². The van der Waals surface area contributed by atoms with Gasteiger partial charge in [0.1, 0.15) is 13.2 Å². The van der Waals surface area contributed by atoms with Gasteiger partial charge in [0.2, 0.25) is 5.91 Å². The average Bonchev–Trinajstić information content (AvgIpc) is 2.65. The molecule has 2 aliphatic rings. The molecule has 0 radical (unpaired) electrons. The molecule has 6 nitrogen and oxygen atoms in total. The van der Waals surface area contributed by atoms with Crippen LogP contribution >= 0.6 is 0 Å². The topological polar surface area (TPSA) is 76.7 Å². The van der Waals surface area contributed by atoms with Gasteiger partial charge in [-0.15, -0.1) is 0 Å². The van der Waals surface area contributed by atoms with Gasteiger partial charge in [0.15, 0.2) is 11.5 Å². The summed E-state index contributed by atoms with van der Waals surface area (Å²) in [5.74, 6) is 0.933. The minimum absolute atomic E-state index is 0.0147. The second-order valence-electron chi connectivity index (χ2n) is 6.05. The quantitative estimate of drug-likeness (QED) is 0.658. The highest BCUT2D eigenvalue weighted by atomic mass is 16.6. The van der Waals surface area contributed by atoms with E-state index in [0.717, 1.165) is 31.2 Å². The third-order valence-corrected chi connectivity index (χ3v) is 4.28. The summed E-state index contributed by atoms with van der Waals surface area (Å²) in [6, 6.07) is 5.48. The number of rotatable bonds is 3. The Hall–Kier alpha value is -2.50. The molecule has 0 aromatic heterocycles. The number of nitrogens with one attached hydrogen (secondary N) is 2. The summed E-state index contributed by atoms with van der Waals surface area (Å²) < 4.78 is 11.0. The van der Waals surface area contributed by atoms with E-state index in [2.05, 4.69) is 10.9 Å². The van der Waals surface area contributed by atoms with Crippen molar-refractivity contribution in [3.63, 3.8) is 0 Å². The number of fused-ring (bicyclic) bond motifs is 1. The van der Waals surface area contributed by atoms with Crippen LogP contribution in [0.15, 0.2) is 24.3 Å². The third kappa shape index (κ3) is 4.28. The lowest BCUT2D eigenvalue weighted by Gasteiger charge is -2.20. The molecule has 1 saturated carbocycles. The van der Waals surface area contributed by atoms with Crippen molar-refractivity contribution in [3.8, 4) is 11.5 Å². The van der Waals surface area contributed by atoms with Crippen molar-refractivity contribution in [2.75, 3.05) is 13.2 Å². The van der Waals surface area contributed by atoms with Crippen LogP contribution in [-0.4, -0.2) is 25.0 Å². The molecule has 3 rings (SSSR count). The first kappa shape index (κ1) is 16.4. The number of benzene rings is 1. The highest BCUT2D eigenvalue weighted by Crippen LogP contribution is 2.31. The van der Waals surface area contributed by atoms with Crippen molar-refractivity contribution in [1.29, 1.82) is 0 Å². The summed E-state index contributed by atoms with van der Waals surface area (Å²) in [4.78, 5) is 23.8. The van der Waals surface area contributed by atoms with Crippen LogP contribution in [0.1, 0.15) is 37.7 Å². The molecule has 2 N–H and O–H groups in total. The lowest BCUT2D eigenvalue weighted by molar-refractivity contribution is -0.130. The van der Waals surface area contributed by atoms with Gasteiger partial charge in [0.25, 0.3) is 5.91 Å². The fourth-order valence-electron chi connectivity index (χ4n) is 2.97. The summed E-state index contributed by atoms with van der Waals surface area (Å²) in [6.07, 6.45) is 8.19. The van der Waals surface area contributed by atoms with E-state index >= 15 is 0 Å². The Bertz CT molecular complexity index is 636. The highest BCUT2D eigenvalue weighted by molar-refractivity contribution is 5.93. The van der Waals surface area contributed by atoms with Crippen LogP contribution < -0.4 is 20.3 Å². The summed E-state index contributed by atoms with van der Waals surface area (Å²) in [5.41, 5.74) is 5.76. The van der Waals surface area contributed by atoms with E-state index < -0.39 is 0 Å². The molecule has 6 heteroatoms. The zero-order chi connectivity index (χ0) is 16.8. The molecule has 1 aliphatic carbocycles. The van der Waals surface area contributed by atoms with Gasteiger partial charge in [-0.3, -0.25) is 20.4 Å². The lowest BCUT2D eigenvalue weighted by Crippen LogP contribution is -2.44. The van der Waals surface area contributed by atoms with Crippen molar-refractivity contribution in [2.45, 2.75) is 32.1 Å². The Balaban J connectivity index is 1.49. The molecule has 1 aliphatic heterocycles. The van der Waals surface area contributed by atoms with Crippen LogP contribution in [0.3, 0.4) is 0 Å². The summed E-state index contributed by atoms with van der Waals surface area (Å²) in [7, 11) is 0. The maximum atomic E-state index is 12.0. The van der Waals surface area contributed by atoms with E-state index in [1.54, 1.807) is 6.08 Å². The Morgan fingerprint density at radius 1 is 1.00 bits per heavy atom. The van der Waals surface area contributed by atoms with Gasteiger partial charge in [-0.2, -0.15) is 0 Å². The summed E-state index contributed by atoms with van der Waals surface area (Å²) >= 11 is 0. The number of amides is 2. The first-order valence-electron chi connectivity index (χ1n) is 8.40. The van der Waals surface area contributed by atoms with E-state index in [1.165, 1.54) is 12.5 Å². The summed E-state index contributed by atoms with van der Waals surface area (Å²) in [6.45, 7) is 1.07. The fraction of sp³-hybridized carbons (Fsp3) is 0.444. The molecule has 1 heterocycles. The van der Waals surface area contributed by atoms with Gasteiger partial charge in [0, 0.05) is 12.0 Å². The van der Waals surface area contributed by atoms with Gasteiger partial charge in [-0.1, -0.05) is 25.3 Å². The van der Waals surface area contributed by atoms with Gasteiger partial charge < -0.3 is 9.47 Å². The number of hydrazine groups is 1. The van der Waals surface area contributed by atoms with Crippen LogP contribution in [-0.2, 0) is 9.59 Å². The second kappa shape index (κ2) is 7.86. The van der Waals surface area contributed by atoms with Crippen molar-refractivity contribution in [3.05, 3.63) is 29.8 Å². The van der Waals surface area contributed by atoms with Crippen LogP contribution in [0.5, 0.6) is 11.5 Å². The molecule has 1 aromatic carbocycles. The number of hydrogen-bond donors (Lipinski definition) is 2. The predicted octanol–water partition coefficient (Wildman–Crippen LogP) is 2.20. The minimum Gasteiger partial charge on any atom is -0.486 e. The predicted molar refractivity (Wildman–Crippen MR) is 89.3 cm³/mol. The molecule has 128 valence electrons. The number of carbonyl (C=O) groups excluding carboxylic acids is 2. The monoisotopic (exact) mass is 330 g/mol. The van der Waals surface area contributed by atoms with E-state index in [0.29, 0.717) is 24.7 Å². The fourth-order valence-corrected chi connectivity index (χ4v) is 2.97. The smallest absolute Gasteiger partial charge is 0.262 e. The maximum absolute atomic E-state index is 12.0. The first-order chi connectivity index (χ1) is 11.7. The Labute approximate surface area is 141 Å².